The summed E-state index contributed by atoms with van der Waals surface area (Å²) >= 11 is 0. The SMILES string of the molecule is CCn1c(=O)c(C)nc2cc(C(=O)NCc3ccc(C)o3)ccc21. The fraction of sp³-hybridized carbons (Fsp3) is 0.278. The molecule has 0 radical (unpaired) electrons. The number of nitrogens with one attached hydrogen (secondary N) is 1. The van der Waals surface area contributed by atoms with Gasteiger partial charge < -0.3 is 14.3 Å². The quantitative estimate of drug-likeness (QED) is 0.800. The molecule has 0 spiro atoms. The van der Waals surface area contributed by atoms with Crippen molar-refractivity contribution in [3.63, 3.8) is 0 Å². The molecule has 0 aliphatic rings. The third-order valence-electron chi connectivity index (χ3n) is 3.91. The molecule has 0 aliphatic heterocycles. The zero-order valence-corrected chi connectivity index (χ0v) is 13.9. The standard InChI is InChI=1S/C18H19N3O3/c1-4-21-16-8-6-13(9-15(16)20-12(3)18(21)23)17(22)19-10-14-7-5-11(2)24-14/h5-9H,4,10H2,1-3H3,(H,19,22). The number of rotatable bonds is 4. The number of amides is 1. The number of hydrogen-bond donors (Lipinski definition) is 1. The molecule has 0 atom stereocenters. The van der Waals surface area contributed by atoms with E-state index in [9.17, 15) is 9.59 Å². The Morgan fingerprint density at radius 2 is 2.04 bits per heavy atom. The second-order valence-electron chi connectivity index (χ2n) is 5.65. The van der Waals surface area contributed by atoms with Crippen molar-refractivity contribution >= 4 is 16.9 Å². The predicted octanol–water partition coefficient (Wildman–Crippen LogP) is 2.56. The second-order valence-corrected chi connectivity index (χ2v) is 5.65. The summed E-state index contributed by atoms with van der Waals surface area (Å²) in [7, 11) is 0. The van der Waals surface area contributed by atoms with E-state index in [0.29, 0.717) is 35.6 Å². The minimum atomic E-state index is -0.209. The summed E-state index contributed by atoms with van der Waals surface area (Å²) in [5, 5.41) is 2.82. The van der Waals surface area contributed by atoms with Gasteiger partial charge in [0.1, 0.15) is 17.2 Å². The van der Waals surface area contributed by atoms with Gasteiger partial charge in [0.25, 0.3) is 11.5 Å². The Balaban J connectivity index is 1.88. The largest absolute Gasteiger partial charge is 0.465 e. The van der Waals surface area contributed by atoms with Crippen LogP contribution in [0.15, 0.2) is 39.5 Å². The minimum Gasteiger partial charge on any atom is -0.465 e. The zero-order valence-electron chi connectivity index (χ0n) is 13.9. The number of aromatic nitrogens is 2. The van der Waals surface area contributed by atoms with Crippen molar-refractivity contribution in [2.24, 2.45) is 0 Å². The van der Waals surface area contributed by atoms with Crippen LogP contribution in [-0.2, 0) is 13.1 Å². The van der Waals surface area contributed by atoms with Crippen molar-refractivity contribution in [3.05, 3.63) is 63.5 Å². The summed E-state index contributed by atoms with van der Waals surface area (Å²) in [5.41, 5.74) is 2.18. The molecule has 0 saturated heterocycles. The molecule has 1 aromatic carbocycles. The molecular formula is C18H19N3O3. The molecule has 2 aromatic heterocycles. The number of hydrogen-bond acceptors (Lipinski definition) is 4. The first kappa shape index (κ1) is 16.0. The molecule has 124 valence electrons. The van der Waals surface area contributed by atoms with Crippen LogP contribution < -0.4 is 10.9 Å². The lowest BCUT2D eigenvalue weighted by Crippen LogP contribution is -2.25. The molecule has 3 rings (SSSR count). The van der Waals surface area contributed by atoms with E-state index in [4.69, 9.17) is 4.42 Å². The van der Waals surface area contributed by atoms with Crippen LogP contribution >= 0.6 is 0 Å². The van der Waals surface area contributed by atoms with Gasteiger partial charge in [0.2, 0.25) is 0 Å². The van der Waals surface area contributed by atoms with Crippen LogP contribution in [0, 0.1) is 13.8 Å². The number of carbonyl (C=O) groups excluding carboxylic acids is 1. The molecule has 0 fully saturated rings. The van der Waals surface area contributed by atoms with Gasteiger partial charge >= 0.3 is 0 Å². The highest BCUT2D eigenvalue weighted by Gasteiger charge is 2.11. The molecule has 6 nitrogen and oxygen atoms in total. The van der Waals surface area contributed by atoms with E-state index in [1.54, 1.807) is 29.7 Å². The van der Waals surface area contributed by atoms with Crippen LogP contribution in [-0.4, -0.2) is 15.5 Å². The van der Waals surface area contributed by atoms with Crippen LogP contribution in [0.5, 0.6) is 0 Å². The first-order valence-corrected chi connectivity index (χ1v) is 7.84. The molecule has 2 heterocycles. The number of aryl methyl sites for hydroxylation is 3. The Morgan fingerprint density at radius 1 is 1.25 bits per heavy atom. The van der Waals surface area contributed by atoms with Gasteiger partial charge in [0, 0.05) is 12.1 Å². The molecule has 1 amide bonds. The van der Waals surface area contributed by atoms with E-state index in [-0.39, 0.29) is 11.5 Å². The fourth-order valence-electron chi connectivity index (χ4n) is 2.68. The molecule has 0 aliphatic carbocycles. The second kappa shape index (κ2) is 6.31. The highest BCUT2D eigenvalue weighted by molar-refractivity contribution is 5.97. The van der Waals surface area contributed by atoms with Crippen molar-refractivity contribution < 1.29 is 9.21 Å². The van der Waals surface area contributed by atoms with Crippen LogP contribution in [0.25, 0.3) is 11.0 Å². The van der Waals surface area contributed by atoms with E-state index < -0.39 is 0 Å². The highest BCUT2D eigenvalue weighted by Crippen LogP contribution is 2.14. The smallest absolute Gasteiger partial charge is 0.272 e. The summed E-state index contributed by atoms with van der Waals surface area (Å²) in [5.74, 6) is 1.30. The van der Waals surface area contributed by atoms with E-state index >= 15 is 0 Å². The van der Waals surface area contributed by atoms with Gasteiger partial charge in [-0.2, -0.15) is 0 Å². The molecule has 6 heteroatoms. The van der Waals surface area contributed by atoms with E-state index in [1.165, 1.54) is 0 Å². The Morgan fingerprint density at radius 3 is 2.71 bits per heavy atom. The van der Waals surface area contributed by atoms with Gasteiger partial charge in [-0.3, -0.25) is 9.59 Å². The van der Waals surface area contributed by atoms with Gasteiger partial charge in [0.15, 0.2) is 0 Å². The Kier molecular flexibility index (Phi) is 4.20. The minimum absolute atomic E-state index is 0.101. The molecule has 1 N–H and O–H groups in total. The normalized spacial score (nSPS) is 11.0. The lowest BCUT2D eigenvalue weighted by Gasteiger charge is -2.10. The van der Waals surface area contributed by atoms with Crippen molar-refractivity contribution in [1.82, 2.24) is 14.9 Å². The monoisotopic (exact) mass is 325 g/mol. The van der Waals surface area contributed by atoms with E-state index in [0.717, 1.165) is 11.3 Å². The van der Waals surface area contributed by atoms with Crippen LogP contribution in [0.1, 0.15) is 34.5 Å². The molecule has 3 aromatic rings. The maximum absolute atomic E-state index is 12.3. The maximum atomic E-state index is 12.3. The summed E-state index contributed by atoms with van der Waals surface area (Å²) in [6, 6.07) is 8.86. The third kappa shape index (κ3) is 2.95. The number of nitrogens with zero attached hydrogens (tertiary/aromatic N) is 2. The van der Waals surface area contributed by atoms with E-state index in [1.807, 2.05) is 26.0 Å². The summed E-state index contributed by atoms with van der Waals surface area (Å²) in [6.45, 7) is 6.33. The molecule has 24 heavy (non-hydrogen) atoms. The first-order chi connectivity index (χ1) is 11.5. The molecule has 0 bridgehead atoms. The summed E-state index contributed by atoms with van der Waals surface area (Å²) in [4.78, 5) is 28.7. The maximum Gasteiger partial charge on any atom is 0.272 e. The van der Waals surface area contributed by atoms with Gasteiger partial charge in [-0.05, 0) is 51.1 Å². The number of benzene rings is 1. The lowest BCUT2D eigenvalue weighted by molar-refractivity contribution is 0.0948. The average molecular weight is 325 g/mol. The average Bonchev–Trinajstić information content (AvgIpc) is 2.99. The highest BCUT2D eigenvalue weighted by atomic mass is 16.3. The van der Waals surface area contributed by atoms with Gasteiger partial charge in [-0.25, -0.2) is 4.98 Å². The topological polar surface area (TPSA) is 77.1 Å². The number of carbonyl (C=O) groups is 1. The van der Waals surface area contributed by atoms with Crippen molar-refractivity contribution in [3.8, 4) is 0 Å². The zero-order chi connectivity index (χ0) is 17.3. The van der Waals surface area contributed by atoms with Crippen molar-refractivity contribution in [2.75, 3.05) is 0 Å². The predicted molar refractivity (Wildman–Crippen MR) is 91.0 cm³/mol. The lowest BCUT2D eigenvalue weighted by atomic mass is 10.1. The Hall–Kier alpha value is -2.89. The van der Waals surface area contributed by atoms with E-state index in [2.05, 4.69) is 10.3 Å². The molecule has 0 unspecified atom stereocenters. The van der Waals surface area contributed by atoms with Crippen molar-refractivity contribution in [1.29, 1.82) is 0 Å². The van der Waals surface area contributed by atoms with Crippen LogP contribution in [0.2, 0.25) is 0 Å². The van der Waals surface area contributed by atoms with Crippen LogP contribution in [0.3, 0.4) is 0 Å². The third-order valence-corrected chi connectivity index (χ3v) is 3.91. The van der Waals surface area contributed by atoms with Crippen molar-refractivity contribution in [2.45, 2.75) is 33.9 Å². The summed E-state index contributed by atoms with van der Waals surface area (Å²) < 4.78 is 7.09. The first-order valence-electron chi connectivity index (χ1n) is 7.84. The molecule has 0 saturated carbocycles. The Bertz CT molecular complexity index is 969. The van der Waals surface area contributed by atoms with Gasteiger partial charge in [-0.1, -0.05) is 0 Å². The molecular weight excluding hydrogens is 306 g/mol. The Labute approximate surface area is 139 Å². The van der Waals surface area contributed by atoms with Crippen LogP contribution in [0.4, 0.5) is 0 Å². The number of fused-ring (bicyclic) bond motifs is 1. The number of furan rings is 1. The summed E-state index contributed by atoms with van der Waals surface area (Å²) in [6.07, 6.45) is 0. The van der Waals surface area contributed by atoms with Gasteiger partial charge in [0.05, 0.1) is 17.6 Å². The van der Waals surface area contributed by atoms with Gasteiger partial charge in [-0.15, -0.1) is 0 Å². The fourth-order valence-corrected chi connectivity index (χ4v) is 2.68.